The Bertz CT molecular complexity index is 273. The van der Waals surface area contributed by atoms with E-state index >= 15 is 0 Å². The summed E-state index contributed by atoms with van der Waals surface area (Å²) in [5.74, 6) is -1.22. The van der Waals surface area contributed by atoms with Crippen LogP contribution in [0.5, 0.6) is 0 Å². The van der Waals surface area contributed by atoms with Crippen molar-refractivity contribution in [2.24, 2.45) is 7.05 Å². The molecule has 4 nitrogen and oxygen atoms in total. The van der Waals surface area contributed by atoms with Crippen molar-refractivity contribution in [2.45, 2.75) is 0 Å². The summed E-state index contributed by atoms with van der Waals surface area (Å²) in [5, 5.41) is 14.0. The van der Waals surface area contributed by atoms with Gasteiger partial charge in [0.15, 0.2) is 0 Å². The number of nitrogens with zero attached hydrogens (tertiary/aromatic N) is 2. The van der Waals surface area contributed by atoms with E-state index in [1.807, 2.05) is 0 Å². The van der Waals surface area contributed by atoms with Gasteiger partial charge >= 0.3 is 18.9 Å². The SMILES string of the molecule is Cn1nc(Br)cc1C(=O)[O-].[Li+]. The van der Waals surface area contributed by atoms with Crippen molar-refractivity contribution in [2.75, 3.05) is 0 Å². The number of aromatic carboxylic acids is 1. The van der Waals surface area contributed by atoms with Crippen LogP contribution >= 0.6 is 15.9 Å². The van der Waals surface area contributed by atoms with Gasteiger partial charge in [0.05, 0.1) is 11.7 Å². The van der Waals surface area contributed by atoms with Crippen LogP contribution in [-0.2, 0) is 7.05 Å². The van der Waals surface area contributed by atoms with Gasteiger partial charge in [-0.15, -0.1) is 0 Å². The third-order valence-electron chi connectivity index (χ3n) is 1.06. The summed E-state index contributed by atoms with van der Waals surface area (Å²) in [7, 11) is 1.54. The molecule has 1 aromatic rings. The molecule has 1 aromatic heterocycles. The molecular formula is C5H4BrLiN2O2. The summed E-state index contributed by atoms with van der Waals surface area (Å²) in [6.07, 6.45) is 0. The van der Waals surface area contributed by atoms with Crippen LogP contribution in [0.2, 0.25) is 0 Å². The number of hydrogen-bond donors (Lipinski definition) is 0. The molecule has 0 amide bonds. The maximum absolute atomic E-state index is 10.2. The van der Waals surface area contributed by atoms with Crippen molar-refractivity contribution in [3.05, 3.63) is 16.4 Å². The largest absolute Gasteiger partial charge is 1.00 e. The van der Waals surface area contributed by atoms with Gasteiger partial charge in [0.1, 0.15) is 4.60 Å². The molecule has 0 fully saturated rings. The second kappa shape index (κ2) is 3.95. The zero-order valence-corrected chi connectivity index (χ0v) is 7.75. The summed E-state index contributed by atoms with van der Waals surface area (Å²) < 4.78 is 1.73. The van der Waals surface area contributed by atoms with Crippen LogP contribution in [0.4, 0.5) is 0 Å². The van der Waals surface area contributed by atoms with E-state index in [1.54, 1.807) is 0 Å². The summed E-state index contributed by atoms with van der Waals surface area (Å²) in [6, 6.07) is 1.38. The van der Waals surface area contributed by atoms with Crippen molar-refractivity contribution >= 4 is 21.9 Å². The van der Waals surface area contributed by atoms with Gasteiger partial charge in [-0.25, -0.2) is 0 Å². The molecule has 0 aliphatic rings. The van der Waals surface area contributed by atoms with Gasteiger partial charge in [0, 0.05) is 7.05 Å². The minimum Gasteiger partial charge on any atom is -0.543 e. The number of carboxylic acid groups (broad SMARTS) is 1. The molecule has 0 aromatic carbocycles. The van der Waals surface area contributed by atoms with Crippen LogP contribution in [0.1, 0.15) is 10.5 Å². The number of hydrogen-bond acceptors (Lipinski definition) is 3. The zero-order valence-electron chi connectivity index (χ0n) is 6.17. The first-order chi connectivity index (χ1) is 4.61. The zero-order chi connectivity index (χ0) is 7.72. The molecule has 0 saturated heterocycles. The Kier molecular flexibility index (Phi) is 3.87. The Hall–Kier alpha value is -0.243. The van der Waals surface area contributed by atoms with Crippen molar-refractivity contribution in [1.82, 2.24) is 9.78 Å². The first kappa shape index (κ1) is 10.8. The molecule has 1 rings (SSSR count). The maximum Gasteiger partial charge on any atom is 1.00 e. The third kappa shape index (κ3) is 2.36. The second-order valence-corrected chi connectivity index (χ2v) is 2.58. The van der Waals surface area contributed by atoms with E-state index in [2.05, 4.69) is 21.0 Å². The molecule has 0 aliphatic heterocycles. The molecule has 11 heavy (non-hydrogen) atoms. The fourth-order valence-electron chi connectivity index (χ4n) is 0.623. The van der Waals surface area contributed by atoms with Gasteiger partial charge in [-0.3, -0.25) is 4.68 Å². The molecule has 0 N–H and O–H groups in total. The Morgan fingerprint density at radius 3 is 2.55 bits per heavy atom. The molecular weight excluding hydrogens is 207 g/mol. The minimum absolute atomic E-state index is 0. The van der Waals surface area contributed by atoms with E-state index in [0.29, 0.717) is 4.60 Å². The molecule has 1 heterocycles. The van der Waals surface area contributed by atoms with Gasteiger partial charge in [-0.1, -0.05) is 0 Å². The van der Waals surface area contributed by atoms with E-state index in [1.165, 1.54) is 17.8 Å². The molecule has 54 valence electrons. The fraction of sp³-hybridized carbons (Fsp3) is 0.200. The second-order valence-electron chi connectivity index (χ2n) is 1.76. The van der Waals surface area contributed by atoms with Crippen molar-refractivity contribution in [3.63, 3.8) is 0 Å². The molecule has 0 aliphatic carbocycles. The predicted octanol–water partition coefficient (Wildman–Crippen LogP) is -3.45. The van der Waals surface area contributed by atoms with Crippen LogP contribution < -0.4 is 24.0 Å². The van der Waals surface area contributed by atoms with Gasteiger partial charge < -0.3 is 9.90 Å². The van der Waals surface area contributed by atoms with Gasteiger partial charge in [0.25, 0.3) is 0 Å². The van der Waals surface area contributed by atoms with E-state index in [0.717, 1.165) is 0 Å². The normalized spacial score (nSPS) is 8.91. The maximum atomic E-state index is 10.2. The average Bonchev–Trinajstić information content (AvgIpc) is 2.10. The van der Waals surface area contributed by atoms with E-state index in [4.69, 9.17) is 0 Å². The quantitative estimate of drug-likeness (QED) is 0.454. The van der Waals surface area contributed by atoms with Crippen molar-refractivity contribution in [1.29, 1.82) is 0 Å². The summed E-state index contributed by atoms with van der Waals surface area (Å²) in [4.78, 5) is 10.2. The molecule has 0 spiro atoms. The topological polar surface area (TPSA) is 58.0 Å². The summed E-state index contributed by atoms with van der Waals surface area (Å²) in [6.45, 7) is 0. The van der Waals surface area contributed by atoms with Crippen LogP contribution in [0.25, 0.3) is 0 Å². The first-order valence-electron chi connectivity index (χ1n) is 2.52. The van der Waals surface area contributed by atoms with Gasteiger partial charge in [0.2, 0.25) is 0 Å². The van der Waals surface area contributed by atoms with Gasteiger partial charge in [-0.05, 0) is 22.0 Å². The first-order valence-corrected chi connectivity index (χ1v) is 3.31. The number of rotatable bonds is 1. The molecule has 0 saturated carbocycles. The number of carboxylic acids is 1. The Labute approximate surface area is 83.9 Å². The summed E-state index contributed by atoms with van der Waals surface area (Å²) >= 11 is 3.03. The Morgan fingerprint density at radius 2 is 2.36 bits per heavy atom. The number of aromatic nitrogens is 2. The molecule has 0 radical (unpaired) electrons. The molecule has 6 heteroatoms. The van der Waals surface area contributed by atoms with Crippen LogP contribution in [0.15, 0.2) is 10.7 Å². The van der Waals surface area contributed by atoms with E-state index in [9.17, 15) is 9.90 Å². The summed E-state index contributed by atoms with van der Waals surface area (Å²) in [5.41, 5.74) is 0.0619. The molecule has 0 bridgehead atoms. The van der Waals surface area contributed by atoms with Crippen molar-refractivity contribution in [3.8, 4) is 0 Å². The van der Waals surface area contributed by atoms with E-state index < -0.39 is 5.97 Å². The number of aryl methyl sites for hydroxylation is 1. The van der Waals surface area contributed by atoms with Gasteiger partial charge in [-0.2, -0.15) is 5.10 Å². The monoisotopic (exact) mass is 210 g/mol. The fourth-order valence-corrected chi connectivity index (χ4v) is 1.08. The van der Waals surface area contributed by atoms with E-state index in [-0.39, 0.29) is 24.6 Å². The average molecular weight is 211 g/mol. The Morgan fingerprint density at radius 1 is 1.82 bits per heavy atom. The van der Waals surface area contributed by atoms with Crippen LogP contribution in [0, 0.1) is 0 Å². The number of carbonyl (C=O) groups excluding carboxylic acids is 1. The molecule has 0 unspecified atom stereocenters. The number of carbonyl (C=O) groups is 1. The number of halogens is 1. The third-order valence-corrected chi connectivity index (χ3v) is 1.45. The van der Waals surface area contributed by atoms with Crippen LogP contribution in [0.3, 0.4) is 0 Å². The smallest absolute Gasteiger partial charge is 0.543 e. The Balaban J connectivity index is 0.000001000. The molecule has 0 atom stereocenters. The van der Waals surface area contributed by atoms with Crippen molar-refractivity contribution < 1.29 is 28.8 Å². The standard InChI is InChI=1S/C5H5BrN2O2.Li/c1-8-3(5(9)10)2-4(6)7-8;/h2H,1H3,(H,9,10);/q;+1/p-1. The minimum atomic E-state index is -1.22. The van der Waals surface area contributed by atoms with Crippen LogP contribution in [-0.4, -0.2) is 15.7 Å². The predicted molar refractivity (Wildman–Crippen MR) is 35.2 cm³/mol.